The molecule has 5 heteroatoms. The van der Waals surface area contributed by atoms with Gasteiger partial charge < -0.3 is 10.0 Å². The highest BCUT2D eigenvalue weighted by atomic mass is 16.4. The first-order valence-corrected chi connectivity index (χ1v) is 8.43. The molecule has 0 aromatic rings. The van der Waals surface area contributed by atoms with Gasteiger partial charge in [-0.3, -0.25) is 14.5 Å². The van der Waals surface area contributed by atoms with E-state index in [0.29, 0.717) is 24.9 Å². The minimum Gasteiger partial charge on any atom is -0.480 e. The lowest BCUT2D eigenvalue weighted by molar-refractivity contribution is -0.150. The van der Waals surface area contributed by atoms with Crippen LogP contribution in [0, 0.1) is 5.92 Å². The molecule has 1 N–H and O–H groups in total. The molecule has 0 aromatic heterocycles. The Labute approximate surface area is 126 Å². The van der Waals surface area contributed by atoms with E-state index in [-0.39, 0.29) is 5.91 Å². The summed E-state index contributed by atoms with van der Waals surface area (Å²) in [7, 11) is 0. The Balaban J connectivity index is 1.72. The molecule has 5 nitrogen and oxygen atoms in total. The van der Waals surface area contributed by atoms with Gasteiger partial charge in [0.15, 0.2) is 0 Å². The molecule has 0 radical (unpaired) electrons. The largest absolute Gasteiger partial charge is 0.480 e. The van der Waals surface area contributed by atoms with Crippen LogP contribution in [0.15, 0.2) is 0 Å². The Morgan fingerprint density at radius 2 is 1.67 bits per heavy atom. The Kier molecular flexibility index (Phi) is 4.48. The molecule has 1 saturated carbocycles. The second-order valence-corrected chi connectivity index (χ2v) is 6.80. The van der Waals surface area contributed by atoms with E-state index >= 15 is 0 Å². The van der Waals surface area contributed by atoms with Crippen molar-refractivity contribution in [3.63, 3.8) is 0 Å². The third kappa shape index (κ3) is 3.07. The zero-order chi connectivity index (χ0) is 14.8. The zero-order valence-corrected chi connectivity index (χ0v) is 12.7. The first-order valence-electron chi connectivity index (χ1n) is 8.43. The highest BCUT2D eigenvalue weighted by Crippen LogP contribution is 2.37. The quantitative estimate of drug-likeness (QED) is 0.861. The van der Waals surface area contributed by atoms with Crippen molar-refractivity contribution in [1.82, 2.24) is 9.80 Å². The van der Waals surface area contributed by atoms with Crippen molar-refractivity contribution in [2.45, 2.75) is 63.5 Å². The fourth-order valence-electron chi connectivity index (χ4n) is 4.45. The van der Waals surface area contributed by atoms with E-state index in [4.69, 9.17) is 0 Å². The molecule has 2 saturated heterocycles. The molecule has 2 aliphatic heterocycles. The van der Waals surface area contributed by atoms with E-state index in [2.05, 4.69) is 0 Å². The number of hydrogen-bond donors (Lipinski definition) is 1. The van der Waals surface area contributed by atoms with E-state index in [1.165, 1.54) is 19.3 Å². The van der Waals surface area contributed by atoms with Crippen LogP contribution >= 0.6 is 0 Å². The highest BCUT2D eigenvalue weighted by Gasteiger charge is 2.42. The predicted molar refractivity (Wildman–Crippen MR) is 78.9 cm³/mol. The molecular formula is C16H26N2O3. The van der Waals surface area contributed by atoms with Crippen molar-refractivity contribution in [2.24, 2.45) is 5.92 Å². The lowest BCUT2D eigenvalue weighted by Crippen LogP contribution is -2.57. The summed E-state index contributed by atoms with van der Waals surface area (Å²) in [6.07, 6.45) is 8.56. The van der Waals surface area contributed by atoms with Crippen LogP contribution < -0.4 is 0 Å². The van der Waals surface area contributed by atoms with Gasteiger partial charge in [0, 0.05) is 19.1 Å². The Morgan fingerprint density at radius 3 is 2.38 bits per heavy atom. The van der Waals surface area contributed by atoms with Gasteiger partial charge in [-0.15, -0.1) is 0 Å². The molecule has 1 amide bonds. The lowest BCUT2D eigenvalue weighted by Gasteiger charge is -2.47. The fraction of sp³-hybridized carbons (Fsp3) is 0.875. The molecule has 0 spiro atoms. The maximum atomic E-state index is 12.4. The second kappa shape index (κ2) is 6.34. The van der Waals surface area contributed by atoms with Gasteiger partial charge >= 0.3 is 5.97 Å². The van der Waals surface area contributed by atoms with Gasteiger partial charge in [-0.25, -0.2) is 0 Å². The van der Waals surface area contributed by atoms with Crippen LogP contribution in [0.4, 0.5) is 0 Å². The normalized spacial score (nSPS) is 33.7. The molecule has 3 atom stereocenters. The first kappa shape index (κ1) is 14.8. The number of carbonyl (C=O) groups excluding carboxylic acids is 1. The van der Waals surface area contributed by atoms with Crippen LogP contribution in [0.2, 0.25) is 0 Å². The molecule has 2 heterocycles. The van der Waals surface area contributed by atoms with Crippen LogP contribution in [0.25, 0.3) is 0 Å². The summed E-state index contributed by atoms with van der Waals surface area (Å²) in [6, 6.07) is -0.156. The summed E-state index contributed by atoms with van der Waals surface area (Å²) in [6.45, 7) is 2.00. The molecule has 118 valence electrons. The molecule has 3 fully saturated rings. The topological polar surface area (TPSA) is 60.9 Å². The van der Waals surface area contributed by atoms with Crippen molar-refractivity contribution in [1.29, 1.82) is 0 Å². The summed E-state index contributed by atoms with van der Waals surface area (Å²) < 4.78 is 0. The highest BCUT2D eigenvalue weighted by molar-refractivity contribution is 5.80. The van der Waals surface area contributed by atoms with Crippen molar-refractivity contribution in [3.8, 4) is 0 Å². The number of piperidine rings is 1. The zero-order valence-electron chi connectivity index (χ0n) is 12.7. The third-order valence-electron chi connectivity index (χ3n) is 5.57. The first-order chi connectivity index (χ1) is 10.2. The fourth-order valence-corrected chi connectivity index (χ4v) is 4.45. The average molecular weight is 294 g/mol. The molecular weight excluding hydrogens is 268 g/mol. The van der Waals surface area contributed by atoms with Gasteiger partial charge in [-0.1, -0.05) is 12.8 Å². The Morgan fingerprint density at radius 1 is 0.952 bits per heavy atom. The SMILES string of the molecule is O=C(O)C1CCC2CCCCC2N1CC(=O)N1CCCC1. The maximum Gasteiger partial charge on any atom is 0.320 e. The van der Waals surface area contributed by atoms with Crippen LogP contribution in [-0.4, -0.2) is 58.5 Å². The maximum absolute atomic E-state index is 12.4. The van der Waals surface area contributed by atoms with Gasteiger partial charge in [-0.05, 0) is 44.4 Å². The number of aliphatic carboxylic acids is 1. The average Bonchev–Trinajstić information content (AvgIpc) is 3.01. The lowest BCUT2D eigenvalue weighted by atomic mass is 9.76. The van der Waals surface area contributed by atoms with Crippen LogP contribution in [0.5, 0.6) is 0 Å². The monoisotopic (exact) mass is 294 g/mol. The molecule has 1 aliphatic carbocycles. The minimum absolute atomic E-state index is 0.130. The number of likely N-dealkylation sites (tertiary alicyclic amines) is 2. The third-order valence-corrected chi connectivity index (χ3v) is 5.57. The van der Waals surface area contributed by atoms with Gasteiger partial charge in [0.25, 0.3) is 0 Å². The summed E-state index contributed by atoms with van der Waals surface area (Å²) in [5.74, 6) is -0.0288. The molecule has 3 rings (SSSR count). The molecule has 0 bridgehead atoms. The minimum atomic E-state index is -0.756. The van der Waals surface area contributed by atoms with Gasteiger partial charge in [-0.2, -0.15) is 0 Å². The van der Waals surface area contributed by atoms with Crippen LogP contribution in [0.3, 0.4) is 0 Å². The predicted octanol–water partition coefficient (Wildman–Crippen LogP) is 1.72. The van der Waals surface area contributed by atoms with Gasteiger partial charge in [0.2, 0.25) is 5.91 Å². The van der Waals surface area contributed by atoms with Crippen molar-refractivity contribution >= 4 is 11.9 Å². The number of carboxylic acid groups (broad SMARTS) is 1. The summed E-state index contributed by atoms with van der Waals surface area (Å²) >= 11 is 0. The van der Waals surface area contributed by atoms with E-state index in [1.807, 2.05) is 9.80 Å². The number of rotatable bonds is 3. The van der Waals surface area contributed by atoms with Gasteiger partial charge in [0.1, 0.15) is 6.04 Å². The van der Waals surface area contributed by atoms with Gasteiger partial charge in [0.05, 0.1) is 6.54 Å². The molecule has 21 heavy (non-hydrogen) atoms. The summed E-state index contributed by atoms with van der Waals surface area (Å²) in [4.78, 5) is 28.0. The number of hydrogen-bond acceptors (Lipinski definition) is 3. The van der Waals surface area contributed by atoms with Crippen molar-refractivity contribution in [2.75, 3.05) is 19.6 Å². The van der Waals surface area contributed by atoms with E-state index in [9.17, 15) is 14.7 Å². The standard InChI is InChI=1S/C16H26N2O3/c19-15(17-9-3-4-10-17)11-18-13-6-2-1-5-12(13)7-8-14(18)16(20)21/h12-14H,1-11H2,(H,20,21). The van der Waals surface area contributed by atoms with Crippen molar-refractivity contribution < 1.29 is 14.7 Å². The summed E-state index contributed by atoms with van der Waals surface area (Å²) in [5, 5.41) is 9.51. The molecule has 3 aliphatic rings. The van der Waals surface area contributed by atoms with E-state index < -0.39 is 12.0 Å². The van der Waals surface area contributed by atoms with Crippen LogP contribution in [-0.2, 0) is 9.59 Å². The van der Waals surface area contributed by atoms with Crippen molar-refractivity contribution in [3.05, 3.63) is 0 Å². The summed E-state index contributed by atoms with van der Waals surface area (Å²) in [5.41, 5.74) is 0. The molecule has 0 aromatic carbocycles. The number of carboxylic acids is 1. The van der Waals surface area contributed by atoms with Crippen LogP contribution in [0.1, 0.15) is 51.4 Å². The number of amides is 1. The number of carbonyl (C=O) groups is 2. The van der Waals surface area contributed by atoms with E-state index in [0.717, 1.165) is 38.8 Å². The molecule has 3 unspecified atom stereocenters. The second-order valence-electron chi connectivity index (χ2n) is 6.80. The Hall–Kier alpha value is -1.10. The number of fused-ring (bicyclic) bond motifs is 1. The Bertz CT molecular complexity index is 406. The smallest absolute Gasteiger partial charge is 0.320 e. The number of nitrogens with zero attached hydrogens (tertiary/aromatic N) is 2. The van der Waals surface area contributed by atoms with E-state index in [1.54, 1.807) is 0 Å².